The molecule has 0 N–H and O–H groups in total. The molecule has 4 aromatic rings. The van der Waals surface area contributed by atoms with Crippen LogP contribution in [0.3, 0.4) is 0 Å². The molecule has 33 heavy (non-hydrogen) atoms. The first kappa shape index (κ1) is 21.9. The lowest BCUT2D eigenvalue weighted by Crippen LogP contribution is -2.48. The van der Waals surface area contributed by atoms with Crippen LogP contribution in [0, 0.1) is 0 Å². The Kier molecular flexibility index (Phi) is 6.84. The number of hydrogen-bond donors (Lipinski definition) is 0. The summed E-state index contributed by atoms with van der Waals surface area (Å²) < 4.78 is 2.42. The van der Waals surface area contributed by atoms with Gasteiger partial charge in [0.25, 0.3) is 0 Å². The zero-order valence-corrected chi connectivity index (χ0v) is 19.6. The molecule has 4 nitrogen and oxygen atoms in total. The van der Waals surface area contributed by atoms with Gasteiger partial charge in [0.2, 0.25) is 0 Å². The van der Waals surface area contributed by atoms with Gasteiger partial charge in [0.1, 0.15) is 5.82 Å². The van der Waals surface area contributed by atoms with Gasteiger partial charge < -0.3 is 9.47 Å². The standard InChI is InChI=1S/C29H34N4/c1-2-28-30-26-16-9-10-17-27(26)33(28)19-11-18-31-20-22-32(23-21-31)29(24-12-5-3-6-13-24)25-14-7-4-8-15-25/h3-10,12-17,29H,2,11,18-23H2,1H3. The first-order chi connectivity index (χ1) is 16.3. The second-order valence-corrected chi connectivity index (χ2v) is 8.98. The van der Waals surface area contributed by atoms with Gasteiger partial charge in [-0.15, -0.1) is 0 Å². The van der Waals surface area contributed by atoms with Crippen molar-refractivity contribution in [1.82, 2.24) is 19.4 Å². The Bertz CT molecular complexity index is 1100. The molecule has 1 aliphatic heterocycles. The highest BCUT2D eigenvalue weighted by Crippen LogP contribution is 2.29. The number of aromatic nitrogens is 2. The van der Waals surface area contributed by atoms with Crippen molar-refractivity contribution in [2.24, 2.45) is 0 Å². The summed E-state index contributed by atoms with van der Waals surface area (Å²) in [6.07, 6.45) is 2.14. The molecule has 1 saturated heterocycles. The van der Waals surface area contributed by atoms with Crippen molar-refractivity contribution in [2.45, 2.75) is 32.4 Å². The molecule has 0 aliphatic carbocycles. The van der Waals surface area contributed by atoms with Crippen molar-refractivity contribution in [3.8, 4) is 0 Å². The maximum Gasteiger partial charge on any atom is 0.109 e. The fourth-order valence-electron chi connectivity index (χ4n) is 5.23. The van der Waals surface area contributed by atoms with Crippen LogP contribution in [0.4, 0.5) is 0 Å². The number of piperazine rings is 1. The highest BCUT2D eigenvalue weighted by molar-refractivity contribution is 5.75. The number of hydrogen-bond acceptors (Lipinski definition) is 3. The number of nitrogens with zero attached hydrogens (tertiary/aromatic N) is 4. The van der Waals surface area contributed by atoms with E-state index in [2.05, 4.69) is 106 Å². The Hall–Kier alpha value is -2.95. The molecular formula is C29H34N4. The Morgan fingerprint density at radius 2 is 1.33 bits per heavy atom. The van der Waals surface area contributed by atoms with Gasteiger partial charge in [-0.3, -0.25) is 4.90 Å². The van der Waals surface area contributed by atoms with Crippen LogP contribution >= 0.6 is 0 Å². The van der Waals surface area contributed by atoms with Gasteiger partial charge in [-0.05, 0) is 36.2 Å². The van der Waals surface area contributed by atoms with Crippen LogP contribution in [-0.2, 0) is 13.0 Å². The van der Waals surface area contributed by atoms with Crippen LogP contribution in [0.2, 0.25) is 0 Å². The molecule has 1 aromatic heterocycles. The van der Waals surface area contributed by atoms with Crippen molar-refractivity contribution in [3.05, 3.63) is 102 Å². The minimum Gasteiger partial charge on any atom is -0.328 e. The van der Waals surface area contributed by atoms with Crippen molar-refractivity contribution in [3.63, 3.8) is 0 Å². The summed E-state index contributed by atoms with van der Waals surface area (Å²) in [6.45, 7) is 8.84. The first-order valence-corrected chi connectivity index (χ1v) is 12.3. The van der Waals surface area contributed by atoms with E-state index in [0.717, 1.165) is 57.6 Å². The largest absolute Gasteiger partial charge is 0.328 e. The summed E-state index contributed by atoms with van der Waals surface area (Å²) in [7, 11) is 0. The molecule has 2 heterocycles. The maximum atomic E-state index is 4.83. The van der Waals surface area contributed by atoms with Gasteiger partial charge in [0.05, 0.1) is 17.1 Å². The van der Waals surface area contributed by atoms with Gasteiger partial charge in [-0.25, -0.2) is 4.98 Å². The number of para-hydroxylation sites is 2. The number of rotatable bonds is 8. The van der Waals surface area contributed by atoms with E-state index in [9.17, 15) is 0 Å². The molecule has 0 spiro atoms. The fraction of sp³-hybridized carbons (Fsp3) is 0.345. The molecule has 3 aromatic carbocycles. The lowest BCUT2D eigenvalue weighted by atomic mass is 9.96. The molecule has 0 radical (unpaired) electrons. The van der Waals surface area contributed by atoms with Crippen molar-refractivity contribution < 1.29 is 0 Å². The molecular weight excluding hydrogens is 404 g/mol. The Morgan fingerprint density at radius 1 is 0.727 bits per heavy atom. The minimum absolute atomic E-state index is 0.332. The molecule has 0 saturated carbocycles. The van der Waals surface area contributed by atoms with E-state index >= 15 is 0 Å². The smallest absolute Gasteiger partial charge is 0.109 e. The molecule has 4 heteroatoms. The van der Waals surface area contributed by atoms with E-state index in [0.29, 0.717) is 6.04 Å². The van der Waals surface area contributed by atoms with Crippen molar-refractivity contribution in [1.29, 1.82) is 0 Å². The van der Waals surface area contributed by atoms with Crippen LogP contribution in [-0.4, -0.2) is 52.1 Å². The molecule has 1 fully saturated rings. The molecule has 0 amide bonds. The normalized spacial score (nSPS) is 15.5. The Morgan fingerprint density at radius 3 is 1.97 bits per heavy atom. The minimum atomic E-state index is 0.332. The Balaban J connectivity index is 1.20. The average Bonchev–Trinajstić information content (AvgIpc) is 3.24. The lowest BCUT2D eigenvalue weighted by molar-refractivity contribution is 0.108. The van der Waals surface area contributed by atoms with E-state index in [4.69, 9.17) is 4.98 Å². The highest BCUT2D eigenvalue weighted by Gasteiger charge is 2.26. The average molecular weight is 439 g/mol. The summed E-state index contributed by atoms with van der Waals surface area (Å²) in [4.78, 5) is 10.1. The fourth-order valence-corrected chi connectivity index (χ4v) is 5.23. The monoisotopic (exact) mass is 438 g/mol. The molecule has 5 rings (SSSR count). The van der Waals surface area contributed by atoms with E-state index < -0.39 is 0 Å². The topological polar surface area (TPSA) is 24.3 Å². The van der Waals surface area contributed by atoms with Gasteiger partial charge >= 0.3 is 0 Å². The predicted octanol–water partition coefficient (Wildman–Crippen LogP) is 5.40. The summed E-state index contributed by atoms with van der Waals surface area (Å²) >= 11 is 0. The second-order valence-electron chi connectivity index (χ2n) is 8.98. The van der Waals surface area contributed by atoms with Crippen LogP contribution in [0.5, 0.6) is 0 Å². The second kappa shape index (κ2) is 10.3. The van der Waals surface area contributed by atoms with Crippen LogP contribution in [0.15, 0.2) is 84.9 Å². The summed E-state index contributed by atoms with van der Waals surface area (Å²) in [5.74, 6) is 1.20. The summed E-state index contributed by atoms with van der Waals surface area (Å²) in [5, 5.41) is 0. The third-order valence-electron chi connectivity index (χ3n) is 6.91. The molecule has 0 atom stereocenters. The van der Waals surface area contributed by atoms with Crippen LogP contribution < -0.4 is 0 Å². The maximum absolute atomic E-state index is 4.83. The SMILES string of the molecule is CCc1nc2ccccc2n1CCCN1CCN(C(c2ccccc2)c2ccccc2)CC1. The van der Waals surface area contributed by atoms with Gasteiger partial charge in [-0.1, -0.05) is 79.7 Å². The zero-order valence-electron chi connectivity index (χ0n) is 19.6. The van der Waals surface area contributed by atoms with E-state index in [1.54, 1.807) is 0 Å². The van der Waals surface area contributed by atoms with Gasteiger partial charge in [-0.2, -0.15) is 0 Å². The predicted molar refractivity (Wildman–Crippen MR) is 136 cm³/mol. The molecule has 0 bridgehead atoms. The summed E-state index contributed by atoms with van der Waals surface area (Å²) in [6, 6.07) is 30.8. The highest BCUT2D eigenvalue weighted by atomic mass is 15.3. The number of imidazole rings is 1. The quantitative estimate of drug-likeness (QED) is 0.368. The first-order valence-electron chi connectivity index (χ1n) is 12.3. The molecule has 170 valence electrons. The lowest BCUT2D eigenvalue weighted by Gasteiger charge is -2.40. The van der Waals surface area contributed by atoms with Crippen molar-refractivity contribution >= 4 is 11.0 Å². The van der Waals surface area contributed by atoms with Gasteiger partial charge in [0.15, 0.2) is 0 Å². The number of aryl methyl sites for hydroxylation is 2. The number of benzene rings is 3. The molecule has 0 unspecified atom stereocenters. The number of fused-ring (bicyclic) bond motifs is 1. The third kappa shape index (κ3) is 4.87. The zero-order chi connectivity index (χ0) is 22.5. The Labute approximate surface area is 197 Å². The van der Waals surface area contributed by atoms with Crippen LogP contribution in [0.1, 0.15) is 36.3 Å². The van der Waals surface area contributed by atoms with E-state index in [1.165, 1.54) is 22.5 Å². The summed E-state index contributed by atoms with van der Waals surface area (Å²) in [5.41, 5.74) is 5.16. The van der Waals surface area contributed by atoms with Crippen molar-refractivity contribution in [2.75, 3.05) is 32.7 Å². The van der Waals surface area contributed by atoms with Gasteiger partial charge in [0, 0.05) is 39.1 Å². The van der Waals surface area contributed by atoms with E-state index in [1.807, 2.05) is 0 Å². The van der Waals surface area contributed by atoms with Crippen LogP contribution in [0.25, 0.3) is 11.0 Å². The van der Waals surface area contributed by atoms with E-state index in [-0.39, 0.29) is 0 Å². The third-order valence-corrected chi connectivity index (χ3v) is 6.91. The molecule has 1 aliphatic rings.